The van der Waals surface area contributed by atoms with Gasteiger partial charge in [-0.3, -0.25) is 0 Å². The van der Waals surface area contributed by atoms with Crippen molar-refractivity contribution in [1.29, 1.82) is 0 Å². The highest BCUT2D eigenvalue weighted by Gasteiger charge is 2.37. The molecule has 0 bridgehead atoms. The van der Waals surface area contributed by atoms with E-state index in [1.54, 1.807) is 0 Å². The van der Waals surface area contributed by atoms with Gasteiger partial charge in [-0.2, -0.15) is 0 Å². The Morgan fingerprint density at radius 1 is 0.487 bits per heavy atom. The molecule has 2 heteroatoms. The lowest BCUT2D eigenvalue weighted by molar-refractivity contribution is 0.590. The molecule has 0 N–H and O–H groups in total. The molecule has 0 unspecified atom stereocenters. The van der Waals surface area contributed by atoms with Crippen LogP contribution in [0.15, 0.2) is 115 Å². The van der Waals surface area contributed by atoms with Crippen LogP contribution >= 0.6 is 0 Å². The van der Waals surface area contributed by atoms with Crippen LogP contribution in [0.5, 0.6) is 0 Å². The Bertz CT molecular complexity index is 1670. The van der Waals surface area contributed by atoms with E-state index < -0.39 is 0 Å². The zero-order chi connectivity index (χ0) is 26.9. The topological polar surface area (TPSA) is 6.48 Å². The summed E-state index contributed by atoms with van der Waals surface area (Å²) in [6.45, 7) is 11.5. The maximum Gasteiger partial charge on any atom is 0.0703 e. The predicted molar refractivity (Wildman–Crippen MR) is 166 cm³/mol. The van der Waals surface area contributed by atoms with Crippen LogP contribution in [-0.2, 0) is 10.8 Å². The van der Waals surface area contributed by atoms with Gasteiger partial charge in [-0.15, -0.1) is 0 Å². The van der Waals surface area contributed by atoms with Crippen molar-refractivity contribution < 1.29 is 0 Å². The molecule has 192 valence electrons. The first kappa shape index (κ1) is 23.8. The summed E-state index contributed by atoms with van der Waals surface area (Å²) in [5.41, 5.74) is 14.0. The zero-order valence-corrected chi connectivity index (χ0v) is 23.4. The van der Waals surface area contributed by atoms with Crippen molar-refractivity contribution in [2.45, 2.75) is 45.4 Å². The fourth-order valence-corrected chi connectivity index (χ4v) is 6.44. The molecule has 0 saturated carbocycles. The number of hydrogen-bond acceptors (Lipinski definition) is 2. The van der Waals surface area contributed by atoms with E-state index in [0.29, 0.717) is 0 Å². The molecule has 0 radical (unpaired) electrons. The van der Waals surface area contributed by atoms with Gasteiger partial charge in [-0.05, 0) is 81.8 Å². The number of para-hydroxylation sites is 4. The third-order valence-corrected chi connectivity index (χ3v) is 8.54. The average molecular weight is 507 g/mol. The number of hydrogen-bond donors (Lipinski definition) is 0. The number of benzene rings is 5. The molecule has 0 fully saturated rings. The largest absolute Gasteiger partial charge is 0.306 e. The van der Waals surface area contributed by atoms with Gasteiger partial charge in [0.25, 0.3) is 0 Å². The third-order valence-electron chi connectivity index (χ3n) is 8.54. The summed E-state index contributed by atoms with van der Waals surface area (Å²) in [7, 11) is 0. The van der Waals surface area contributed by atoms with Crippen LogP contribution in [0.3, 0.4) is 0 Å². The maximum atomic E-state index is 2.43. The molecule has 0 aromatic heterocycles. The van der Waals surface area contributed by atoms with E-state index in [1.165, 1.54) is 61.9 Å². The summed E-state index contributed by atoms with van der Waals surface area (Å²) in [5.74, 6) is 0. The van der Waals surface area contributed by atoms with Gasteiger partial charge in [0, 0.05) is 16.8 Å². The molecule has 1 aliphatic carbocycles. The molecular weight excluding hydrogens is 472 g/mol. The molecule has 7 rings (SSSR count). The van der Waals surface area contributed by atoms with Crippen molar-refractivity contribution in [3.8, 4) is 11.1 Å². The number of fused-ring (bicyclic) bond motifs is 5. The highest BCUT2D eigenvalue weighted by atomic mass is 15.3. The van der Waals surface area contributed by atoms with Gasteiger partial charge < -0.3 is 9.80 Å². The van der Waals surface area contributed by atoms with Gasteiger partial charge in [0.15, 0.2) is 0 Å². The van der Waals surface area contributed by atoms with Gasteiger partial charge in [0.1, 0.15) is 0 Å². The van der Waals surface area contributed by atoms with E-state index in [1.807, 2.05) is 0 Å². The lowest BCUT2D eigenvalue weighted by Gasteiger charge is -2.40. The fraction of sp³-hybridized carbons (Fsp3) is 0.189. The Labute approximate surface area is 232 Å². The van der Waals surface area contributed by atoms with Gasteiger partial charge in [0.05, 0.1) is 22.7 Å². The maximum absolute atomic E-state index is 2.43. The number of anilines is 6. The highest BCUT2D eigenvalue weighted by molar-refractivity contribution is 6.01. The smallest absolute Gasteiger partial charge is 0.0703 e. The first-order chi connectivity index (χ1) is 18.7. The Morgan fingerprint density at radius 2 is 0.949 bits per heavy atom. The van der Waals surface area contributed by atoms with Gasteiger partial charge in [-0.1, -0.05) is 101 Å². The SMILES string of the molecule is CC(C)(C)c1ccc(N2c3ccccc3N(c3ccc4c(c3)C(C)(C)c3ccccc3-4)c3ccccc32)cc1. The molecular formula is C37H34N2. The second kappa shape index (κ2) is 8.35. The molecule has 0 atom stereocenters. The molecule has 0 amide bonds. The molecule has 39 heavy (non-hydrogen) atoms. The highest BCUT2D eigenvalue weighted by Crippen LogP contribution is 2.56. The second-order valence-electron chi connectivity index (χ2n) is 12.3. The summed E-state index contributed by atoms with van der Waals surface area (Å²) in [4.78, 5) is 4.84. The van der Waals surface area contributed by atoms with Crippen LogP contribution in [0.4, 0.5) is 34.1 Å². The zero-order valence-electron chi connectivity index (χ0n) is 23.4. The minimum Gasteiger partial charge on any atom is -0.306 e. The fourth-order valence-electron chi connectivity index (χ4n) is 6.44. The predicted octanol–water partition coefficient (Wildman–Crippen LogP) is 10.5. The van der Waals surface area contributed by atoms with Crippen molar-refractivity contribution in [3.63, 3.8) is 0 Å². The number of rotatable bonds is 2. The van der Waals surface area contributed by atoms with E-state index in [9.17, 15) is 0 Å². The quantitative estimate of drug-likeness (QED) is 0.230. The first-order valence-corrected chi connectivity index (χ1v) is 13.9. The van der Waals surface area contributed by atoms with E-state index in [2.05, 4.69) is 160 Å². The molecule has 1 heterocycles. The standard InChI is InChI=1S/C37H34N2/c1-36(2,3)25-18-20-26(21-19-25)38-32-14-8-10-16-34(32)39(35-17-11-9-15-33(35)38)27-22-23-29-28-12-6-7-13-30(28)37(4,5)31(29)24-27/h6-24H,1-5H3. The molecule has 5 aromatic rings. The monoisotopic (exact) mass is 506 g/mol. The van der Waals surface area contributed by atoms with Crippen LogP contribution in [0.2, 0.25) is 0 Å². The van der Waals surface area contributed by atoms with Crippen molar-refractivity contribution >= 4 is 34.1 Å². The first-order valence-electron chi connectivity index (χ1n) is 13.9. The van der Waals surface area contributed by atoms with Crippen molar-refractivity contribution in [3.05, 3.63) is 132 Å². The average Bonchev–Trinajstić information content (AvgIpc) is 3.17. The van der Waals surface area contributed by atoms with Crippen LogP contribution in [0.1, 0.15) is 51.3 Å². The summed E-state index contributed by atoms with van der Waals surface area (Å²) in [6.07, 6.45) is 0. The Balaban J connectivity index is 1.40. The Morgan fingerprint density at radius 3 is 1.51 bits per heavy atom. The summed E-state index contributed by atoms with van der Waals surface area (Å²) in [5, 5.41) is 0. The van der Waals surface area contributed by atoms with Crippen molar-refractivity contribution in [1.82, 2.24) is 0 Å². The minimum absolute atomic E-state index is 0.0441. The third kappa shape index (κ3) is 3.55. The van der Waals surface area contributed by atoms with Gasteiger partial charge in [0.2, 0.25) is 0 Å². The lowest BCUT2D eigenvalue weighted by atomic mass is 9.82. The van der Waals surface area contributed by atoms with Crippen LogP contribution in [-0.4, -0.2) is 0 Å². The molecule has 2 aliphatic rings. The van der Waals surface area contributed by atoms with E-state index >= 15 is 0 Å². The summed E-state index contributed by atoms with van der Waals surface area (Å²) >= 11 is 0. The molecule has 5 aromatic carbocycles. The van der Waals surface area contributed by atoms with Crippen LogP contribution in [0.25, 0.3) is 11.1 Å². The van der Waals surface area contributed by atoms with E-state index in [0.717, 1.165) is 0 Å². The second-order valence-corrected chi connectivity index (χ2v) is 12.3. The Kier molecular flexibility index (Phi) is 5.09. The molecule has 0 saturated heterocycles. The molecule has 0 spiro atoms. The van der Waals surface area contributed by atoms with Crippen LogP contribution < -0.4 is 9.80 Å². The van der Waals surface area contributed by atoms with Gasteiger partial charge >= 0.3 is 0 Å². The summed E-state index contributed by atoms with van der Waals surface area (Å²) in [6, 6.07) is 42.5. The lowest BCUT2D eigenvalue weighted by Crippen LogP contribution is -2.24. The van der Waals surface area contributed by atoms with Crippen LogP contribution in [0, 0.1) is 0 Å². The van der Waals surface area contributed by atoms with Crippen molar-refractivity contribution in [2.75, 3.05) is 9.80 Å². The van der Waals surface area contributed by atoms with Crippen molar-refractivity contribution in [2.24, 2.45) is 0 Å². The minimum atomic E-state index is -0.0441. The summed E-state index contributed by atoms with van der Waals surface area (Å²) < 4.78 is 0. The molecule has 2 nitrogen and oxygen atoms in total. The number of nitrogens with zero attached hydrogens (tertiary/aromatic N) is 2. The van der Waals surface area contributed by atoms with E-state index in [-0.39, 0.29) is 10.8 Å². The molecule has 1 aliphatic heterocycles. The normalized spacial score (nSPS) is 14.9. The van der Waals surface area contributed by atoms with E-state index in [4.69, 9.17) is 0 Å². The Hall–Kier alpha value is -4.30. The van der Waals surface area contributed by atoms with Gasteiger partial charge in [-0.25, -0.2) is 0 Å².